The third-order valence-corrected chi connectivity index (χ3v) is 8.46. The molecule has 1 aliphatic heterocycles. The molecule has 0 spiro atoms. The smallest absolute Gasteiger partial charge is 0.339 e. The standard InChI is InChI=1S/C26H32N2O5S/c1-4-14-26(15-5-2)24(29)23(25(30)33-26)22(18-12-13-18)19-9-8-10-20(17-19)28(3)34(31,32)21-11-6-7-16-27-21/h6-11,16-18,22,29H,4-5,12-15H2,1-3H3. The Morgan fingerprint density at radius 3 is 2.44 bits per heavy atom. The van der Waals surface area contributed by atoms with Crippen molar-refractivity contribution in [2.24, 2.45) is 5.92 Å². The number of sulfonamides is 1. The second-order valence-corrected chi connectivity index (χ2v) is 11.1. The molecule has 8 heteroatoms. The highest BCUT2D eigenvalue weighted by Gasteiger charge is 2.51. The summed E-state index contributed by atoms with van der Waals surface area (Å²) in [4.78, 5) is 17.1. The molecule has 0 saturated heterocycles. The third kappa shape index (κ3) is 4.31. The first kappa shape index (κ1) is 24.3. The van der Waals surface area contributed by atoms with Gasteiger partial charge >= 0.3 is 5.97 Å². The summed E-state index contributed by atoms with van der Waals surface area (Å²) in [5.41, 5.74) is 0.635. The van der Waals surface area contributed by atoms with E-state index in [1.54, 1.807) is 30.3 Å². The molecule has 2 heterocycles. The highest BCUT2D eigenvalue weighted by atomic mass is 32.2. The molecule has 4 rings (SSSR count). The summed E-state index contributed by atoms with van der Waals surface area (Å²) in [6.07, 6.45) is 6.04. The minimum absolute atomic E-state index is 0.0368. The van der Waals surface area contributed by atoms with E-state index >= 15 is 0 Å². The van der Waals surface area contributed by atoms with Crippen LogP contribution >= 0.6 is 0 Å². The largest absolute Gasteiger partial charge is 0.507 e. The SMILES string of the molecule is CCCC1(CCC)OC(=O)C(C(c2cccc(N(C)S(=O)(=O)c3ccccn3)c2)C2CC2)=C1O. The number of carbonyl (C=O) groups is 1. The van der Waals surface area contributed by atoms with Crippen LogP contribution in [0.3, 0.4) is 0 Å². The number of nitrogens with zero attached hydrogens (tertiary/aromatic N) is 2. The molecule has 2 aliphatic rings. The summed E-state index contributed by atoms with van der Waals surface area (Å²) in [5, 5.41) is 11.3. The second kappa shape index (κ2) is 9.41. The van der Waals surface area contributed by atoms with Gasteiger partial charge in [0, 0.05) is 19.2 Å². The topological polar surface area (TPSA) is 96.8 Å². The minimum atomic E-state index is -3.84. The highest BCUT2D eigenvalue weighted by molar-refractivity contribution is 7.92. The fourth-order valence-electron chi connectivity index (χ4n) is 4.97. The summed E-state index contributed by atoms with van der Waals surface area (Å²) in [7, 11) is -2.35. The van der Waals surface area contributed by atoms with E-state index in [2.05, 4.69) is 4.98 Å². The van der Waals surface area contributed by atoms with E-state index < -0.39 is 21.6 Å². The summed E-state index contributed by atoms with van der Waals surface area (Å²) in [6.45, 7) is 4.02. The first-order chi connectivity index (χ1) is 16.2. The highest BCUT2D eigenvalue weighted by Crippen LogP contribution is 2.52. The van der Waals surface area contributed by atoms with Crippen molar-refractivity contribution in [1.29, 1.82) is 0 Å². The number of aromatic nitrogens is 1. The van der Waals surface area contributed by atoms with E-state index in [4.69, 9.17) is 4.74 Å². The number of esters is 1. The van der Waals surface area contributed by atoms with Crippen LogP contribution < -0.4 is 4.31 Å². The van der Waals surface area contributed by atoms with Gasteiger partial charge in [0.05, 0.1) is 11.3 Å². The predicted octanol–water partition coefficient (Wildman–Crippen LogP) is 5.11. The van der Waals surface area contributed by atoms with Crippen LogP contribution in [0, 0.1) is 5.92 Å². The number of aliphatic hydroxyl groups excluding tert-OH is 1. The molecule has 182 valence electrons. The quantitative estimate of drug-likeness (QED) is 0.471. The van der Waals surface area contributed by atoms with Gasteiger partial charge in [-0.25, -0.2) is 9.78 Å². The number of anilines is 1. The van der Waals surface area contributed by atoms with Gasteiger partial charge in [0.25, 0.3) is 10.0 Å². The summed E-state index contributed by atoms with van der Waals surface area (Å²) < 4.78 is 33.2. The van der Waals surface area contributed by atoms with Gasteiger partial charge in [0.2, 0.25) is 0 Å². The van der Waals surface area contributed by atoms with E-state index in [1.807, 2.05) is 19.9 Å². The Morgan fingerprint density at radius 1 is 1.15 bits per heavy atom. The first-order valence-corrected chi connectivity index (χ1v) is 13.4. The number of benzene rings is 1. The van der Waals surface area contributed by atoms with Gasteiger partial charge in [-0.05, 0) is 61.4 Å². The van der Waals surface area contributed by atoms with Crippen molar-refractivity contribution < 1.29 is 23.1 Å². The molecule has 2 aromatic rings. The van der Waals surface area contributed by atoms with Crippen LogP contribution in [0.5, 0.6) is 0 Å². The van der Waals surface area contributed by atoms with Crippen LogP contribution in [-0.2, 0) is 19.6 Å². The Labute approximate surface area is 201 Å². The average Bonchev–Trinajstić information content (AvgIpc) is 3.64. The Hall–Kier alpha value is -2.87. The van der Waals surface area contributed by atoms with Gasteiger partial charge in [-0.3, -0.25) is 4.31 Å². The van der Waals surface area contributed by atoms with E-state index in [0.717, 1.165) is 31.2 Å². The van der Waals surface area contributed by atoms with Crippen molar-refractivity contribution >= 4 is 21.7 Å². The van der Waals surface area contributed by atoms with Gasteiger partial charge in [0.15, 0.2) is 10.6 Å². The minimum Gasteiger partial charge on any atom is -0.507 e. The fourth-order valence-corrected chi connectivity index (χ4v) is 6.08. The molecule has 0 amide bonds. The molecule has 1 aliphatic carbocycles. The zero-order valence-corrected chi connectivity index (χ0v) is 20.7. The zero-order chi connectivity index (χ0) is 24.5. The predicted molar refractivity (Wildman–Crippen MR) is 130 cm³/mol. The van der Waals surface area contributed by atoms with Crippen molar-refractivity contribution in [2.45, 2.75) is 68.9 Å². The van der Waals surface area contributed by atoms with Crippen LogP contribution in [0.25, 0.3) is 0 Å². The lowest BCUT2D eigenvalue weighted by atomic mass is 9.82. The van der Waals surface area contributed by atoms with Crippen molar-refractivity contribution in [1.82, 2.24) is 4.98 Å². The molecule has 0 bridgehead atoms. The number of pyridine rings is 1. The molecule has 1 saturated carbocycles. The van der Waals surface area contributed by atoms with Crippen LogP contribution in [0.2, 0.25) is 0 Å². The number of hydrogen-bond acceptors (Lipinski definition) is 6. The van der Waals surface area contributed by atoms with Crippen LogP contribution in [0.4, 0.5) is 5.69 Å². The molecular formula is C26H32N2O5S. The Morgan fingerprint density at radius 2 is 1.85 bits per heavy atom. The zero-order valence-electron chi connectivity index (χ0n) is 19.9. The van der Waals surface area contributed by atoms with Gasteiger partial charge < -0.3 is 9.84 Å². The molecule has 1 atom stereocenters. The van der Waals surface area contributed by atoms with Gasteiger partial charge in [-0.1, -0.05) is 44.9 Å². The van der Waals surface area contributed by atoms with Crippen molar-refractivity contribution in [2.75, 3.05) is 11.4 Å². The van der Waals surface area contributed by atoms with Gasteiger partial charge in [-0.2, -0.15) is 8.42 Å². The van der Waals surface area contributed by atoms with Gasteiger partial charge in [-0.15, -0.1) is 0 Å². The third-order valence-electron chi connectivity index (χ3n) is 6.76. The Bertz CT molecular complexity index is 1180. The number of aliphatic hydroxyl groups is 1. The van der Waals surface area contributed by atoms with Crippen molar-refractivity contribution in [3.8, 4) is 0 Å². The van der Waals surface area contributed by atoms with E-state index in [0.29, 0.717) is 24.1 Å². The van der Waals surface area contributed by atoms with Crippen molar-refractivity contribution in [3.63, 3.8) is 0 Å². The molecule has 0 radical (unpaired) electrons. The van der Waals surface area contributed by atoms with Crippen LogP contribution in [0.15, 0.2) is 65.0 Å². The average molecular weight is 485 g/mol. The second-order valence-electron chi connectivity index (χ2n) is 9.20. The maximum Gasteiger partial charge on any atom is 0.339 e. The summed E-state index contributed by atoms with van der Waals surface area (Å²) in [5.74, 6) is -0.542. The number of ether oxygens (including phenoxy) is 1. The lowest BCUT2D eigenvalue weighted by molar-refractivity contribution is -0.149. The number of cyclic esters (lactones) is 1. The number of hydrogen-bond donors (Lipinski definition) is 1. The number of carbonyl (C=O) groups excluding carboxylic acids is 1. The molecule has 1 aromatic carbocycles. The molecule has 1 N–H and O–H groups in total. The molecule has 1 aromatic heterocycles. The molecule has 1 fully saturated rings. The van der Waals surface area contributed by atoms with E-state index in [-0.39, 0.29) is 22.6 Å². The van der Waals surface area contributed by atoms with Crippen LogP contribution in [-0.4, -0.2) is 37.1 Å². The maximum atomic E-state index is 13.1. The van der Waals surface area contributed by atoms with E-state index in [1.165, 1.54) is 23.6 Å². The Balaban J connectivity index is 1.74. The molecule has 1 unspecified atom stereocenters. The summed E-state index contributed by atoms with van der Waals surface area (Å²) >= 11 is 0. The molecule has 34 heavy (non-hydrogen) atoms. The lowest BCUT2D eigenvalue weighted by Gasteiger charge is -2.27. The maximum absolute atomic E-state index is 13.1. The first-order valence-electron chi connectivity index (χ1n) is 11.9. The van der Waals surface area contributed by atoms with E-state index in [9.17, 15) is 18.3 Å². The fraction of sp³-hybridized carbons (Fsp3) is 0.462. The monoisotopic (exact) mass is 484 g/mol. The van der Waals surface area contributed by atoms with Crippen LogP contribution in [0.1, 0.15) is 63.9 Å². The normalized spacial score (nSPS) is 18.6. The van der Waals surface area contributed by atoms with Gasteiger partial charge in [0.1, 0.15) is 5.76 Å². The number of rotatable bonds is 10. The summed E-state index contributed by atoms with van der Waals surface area (Å²) in [6, 6.07) is 11.9. The molecule has 7 nitrogen and oxygen atoms in total. The molecular weight excluding hydrogens is 452 g/mol. The van der Waals surface area contributed by atoms with Crippen molar-refractivity contribution in [3.05, 3.63) is 65.6 Å². The lowest BCUT2D eigenvalue weighted by Crippen LogP contribution is -2.31. The Kier molecular flexibility index (Phi) is 6.71.